The van der Waals surface area contributed by atoms with Gasteiger partial charge in [-0.15, -0.1) is 0 Å². The zero-order valence-corrected chi connectivity index (χ0v) is 9.91. The standard InChI is InChI=1S/C11H12BrNO2/c1-8(14)13-6-2-3-9-7-10(15)4-5-11(9)12/h2-5,7,15H,6H2,1H3,(H,13,14). The van der Waals surface area contributed by atoms with Gasteiger partial charge >= 0.3 is 0 Å². The van der Waals surface area contributed by atoms with Crippen LogP contribution in [0, 0.1) is 0 Å². The van der Waals surface area contributed by atoms with Crippen molar-refractivity contribution in [3.8, 4) is 5.75 Å². The first-order valence-electron chi connectivity index (χ1n) is 4.49. The summed E-state index contributed by atoms with van der Waals surface area (Å²) in [6, 6.07) is 5.02. The minimum absolute atomic E-state index is 0.0605. The van der Waals surface area contributed by atoms with Crippen molar-refractivity contribution < 1.29 is 9.90 Å². The van der Waals surface area contributed by atoms with Crippen LogP contribution in [-0.2, 0) is 4.79 Å². The molecule has 80 valence electrons. The predicted octanol–water partition coefficient (Wildman–Crippen LogP) is 2.30. The van der Waals surface area contributed by atoms with E-state index in [2.05, 4.69) is 21.2 Å². The Labute approximate surface area is 96.9 Å². The molecule has 2 N–H and O–H groups in total. The second-order valence-electron chi connectivity index (χ2n) is 3.05. The van der Waals surface area contributed by atoms with Crippen molar-refractivity contribution in [2.45, 2.75) is 6.92 Å². The third-order valence-corrected chi connectivity index (χ3v) is 2.47. The lowest BCUT2D eigenvalue weighted by atomic mass is 10.2. The van der Waals surface area contributed by atoms with Gasteiger partial charge in [0.25, 0.3) is 0 Å². The van der Waals surface area contributed by atoms with E-state index in [0.29, 0.717) is 6.54 Å². The summed E-state index contributed by atoms with van der Waals surface area (Å²) in [5.41, 5.74) is 0.875. The minimum Gasteiger partial charge on any atom is -0.508 e. The maximum atomic E-state index is 10.6. The molecule has 0 unspecified atom stereocenters. The van der Waals surface area contributed by atoms with Crippen LogP contribution in [-0.4, -0.2) is 17.6 Å². The van der Waals surface area contributed by atoms with Crippen molar-refractivity contribution in [1.82, 2.24) is 5.32 Å². The van der Waals surface area contributed by atoms with Crippen LogP contribution in [0.2, 0.25) is 0 Å². The Morgan fingerprint density at radius 1 is 1.60 bits per heavy atom. The normalized spacial score (nSPS) is 10.5. The van der Waals surface area contributed by atoms with E-state index in [-0.39, 0.29) is 11.7 Å². The van der Waals surface area contributed by atoms with Crippen LogP contribution < -0.4 is 5.32 Å². The van der Waals surface area contributed by atoms with Crippen LogP contribution in [0.15, 0.2) is 28.7 Å². The van der Waals surface area contributed by atoms with E-state index >= 15 is 0 Å². The lowest BCUT2D eigenvalue weighted by molar-refractivity contribution is -0.118. The van der Waals surface area contributed by atoms with Gasteiger partial charge in [-0.2, -0.15) is 0 Å². The number of benzene rings is 1. The van der Waals surface area contributed by atoms with Gasteiger partial charge in [0.1, 0.15) is 5.75 Å². The maximum Gasteiger partial charge on any atom is 0.217 e. The number of halogens is 1. The van der Waals surface area contributed by atoms with E-state index in [4.69, 9.17) is 0 Å². The van der Waals surface area contributed by atoms with E-state index in [0.717, 1.165) is 10.0 Å². The molecule has 0 saturated heterocycles. The first-order chi connectivity index (χ1) is 7.09. The van der Waals surface area contributed by atoms with E-state index in [9.17, 15) is 9.90 Å². The number of amides is 1. The number of rotatable bonds is 3. The Bertz CT molecular complexity index is 388. The fraction of sp³-hybridized carbons (Fsp3) is 0.182. The van der Waals surface area contributed by atoms with E-state index < -0.39 is 0 Å². The maximum absolute atomic E-state index is 10.6. The van der Waals surface area contributed by atoms with Crippen LogP contribution in [0.25, 0.3) is 6.08 Å². The smallest absolute Gasteiger partial charge is 0.217 e. The number of nitrogens with one attached hydrogen (secondary N) is 1. The average molecular weight is 270 g/mol. The summed E-state index contributed by atoms with van der Waals surface area (Å²) in [7, 11) is 0. The zero-order valence-electron chi connectivity index (χ0n) is 8.33. The highest BCUT2D eigenvalue weighted by atomic mass is 79.9. The summed E-state index contributed by atoms with van der Waals surface area (Å²) in [6.07, 6.45) is 3.65. The molecule has 1 aromatic rings. The minimum atomic E-state index is -0.0605. The third-order valence-electron chi connectivity index (χ3n) is 1.75. The Morgan fingerprint density at radius 3 is 3.00 bits per heavy atom. The van der Waals surface area contributed by atoms with Crippen molar-refractivity contribution in [3.05, 3.63) is 34.3 Å². The molecule has 0 aliphatic heterocycles. The van der Waals surface area contributed by atoms with Gasteiger partial charge in [0.05, 0.1) is 0 Å². The molecule has 1 amide bonds. The second kappa shape index (κ2) is 5.56. The second-order valence-corrected chi connectivity index (χ2v) is 3.90. The van der Waals surface area contributed by atoms with E-state index in [1.807, 2.05) is 12.2 Å². The van der Waals surface area contributed by atoms with Gasteiger partial charge in [-0.05, 0) is 23.8 Å². The molecule has 0 aliphatic rings. The Morgan fingerprint density at radius 2 is 2.33 bits per heavy atom. The van der Waals surface area contributed by atoms with Crippen molar-refractivity contribution in [2.24, 2.45) is 0 Å². The highest BCUT2D eigenvalue weighted by Gasteiger charge is 1.96. The number of aromatic hydroxyl groups is 1. The molecular weight excluding hydrogens is 258 g/mol. The van der Waals surface area contributed by atoms with Crippen LogP contribution in [0.4, 0.5) is 0 Å². The fourth-order valence-corrected chi connectivity index (χ4v) is 1.43. The number of phenolic OH excluding ortho intramolecular Hbond substituents is 1. The monoisotopic (exact) mass is 269 g/mol. The van der Waals surface area contributed by atoms with Gasteiger partial charge in [0.15, 0.2) is 0 Å². The van der Waals surface area contributed by atoms with Gasteiger partial charge < -0.3 is 10.4 Å². The number of phenols is 1. The first kappa shape index (κ1) is 11.8. The molecule has 0 atom stereocenters. The molecule has 4 heteroatoms. The molecule has 0 fully saturated rings. The number of hydrogen-bond acceptors (Lipinski definition) is 2. The largest absolute Gasteiger partial charge is 0.508 e. The summed E-state index contributed by atoms with van der Waals surface area (Å²) in [6.45, 7) is 1.95. The molecule has 0 saturated carbocycles. The fourth-order valence-electron chi connectivity index (χ4n) is 1.05. The van der Waals surface area contributed by atoms with E-state index in [1.54, 1.807) is 18.2 Å². The quantitative estimate of drug-likeness (QED) is 0.885. The Kier molecular flexibility index (Phi) is 4.37. The molecule has 0 heterocycles. The zero-order chi connectivity index (χ0) is 11.3. The number of hydrogen-bond donors (Lipinski definition) is 2. The van der Waals surface area contributed by atoms with Crippen LogP contribution in [0.5, 0.6) is 5.75 Å². The molecule has 0 radical (unpaired) electrons. The van der Waals surface area contributed by atoms with Gasteiger partial charge in [-0.3, -0.25) is 4.79 Å². The summed E-state index contributed by atoms with van der Waals surface area (Å²) in [4.78, 5) is 10.6. The van der Waals surface area contributed by atoms with Crippen molar-refractivity contribution in [2.75, 3.05) is 6.54 Å². The van der Waals surface area contributed by atoms with Gasteiger partial charge in [0.2, 0.25) is 5.91 Å². The summed E-state index contributed by atoms with van der Waals surface area (Å²) in [5.74, 6) is 0.159. The van der Waals surface area contributed by atoms with Gasteiger partial charge in [-0.25, -0.2) is 0 Å². The third kappa shape index (κ3) is 4.16. The molecule has 0 bridgehead atoms. The van der Waals surface area contributed by atoms with Crippen molar-refractivity contribution in [1.29, 1.82) is 0 Å². The van der Waals surface area contributed by atoms with Crippen LogP contribution in [0.3, 0.4) is 0 Å². The molecule has 15 heavy (non-hydrogen) atoms. The van der Waals surface area contributed by atoms with Crippen molar-refractivity contribution >= 4 is 27.9 Å². The van der Waals surface area contributed by atoms with Crippen LogP contribution >= 0.6 is 15.9 Å². The van der Waals surface area contributed by atoms with Crippen LogP contribution in [0.1, 0.15) is 12.5 Å². The van der Waals surface area contributed by atoms with Gasteiger partial charge in [0, 0.05) is 17.9 Å². The molecule has 0 aromatic heterocycles. The predicted molar refractivity (Wildman–Crippen MR) is 63.5 cm³/mol. The Hall–Kier alpha value is -1.29. The van der Waals surface area contributed by atoms with Crippen molar-refractivity contribution in [3.63, 3.8) is 0 Å². The molecule has 0 aliphatic carbocycles. The molecule has 3 nitrogen and oxygen atoms in total. The first-order valence-corrected chi connectivity index (χ1v) is 5.28. The van der Waals surface area contributed by atoms with E-state index in [1.165, 1.54) is 6.92 Å². The lowest BCUT2D eigenvalue weighted by Gasteiger charge is -1.99. The highest BCUT2D eigenvalue weighted by Crippen LogP contribution is 2.22. The highest BCUT2D eigenvalue weighted by molar-refractivity contribution is 9.10. The summed E-state index contributed by atoms with van der Waals surface area (Å²) in [5, 5.41) is 11.9. The summed E-state index contributed by atoms with van der Waals surface area (Å²) < 4.78 is 0.902. The lowest BCUT2D eigenvalue weighted by Crippen LogP contribution is -2.19. The molecule has 1 aromatic carbocycles. The summed E-state index contributed by atoms with van der Waals surface area (Å²) >= 11 is 3.36. The topological polar surface area (TPSA) is 49.3 Å². The molecule has 1 rings (SSSR count). The van der Waals surface area contributed by atoms with Gasteiger partial charge in [-0.1, -0.05) is 28.1 Å². The average Bonchev–Trinajstić information content (AvgIpc) is 2.17. The number of carbonyl (C=O) groups is 1. The SMILES string of the molecule is CC(=O)NCC=Cc1cc(O)ccc1Br. The Balaban J connectivity index is 2.63. The molecular formula is C11H12BrNO2. The number of carbonyl (C=O) groups excluding carboxylic acids is 1. The molecule has 0 spiro atoms.